The molecule has 2 rings (SSSR count). The molecule has 1 aromatic rings. The van der Waals surface area contributed by atoms with Crippen LogP contribution in [0.15, 0.2) is 24.3 Å². The number of hydrogen-bond acceptors (Lipinski definition) is 2. The van der Waals surface area contributed by atoms with E-state index in [1.807, 2.05) is 19.1 Å². The summed E-state index contributed by atoms with van der Waals surface area (Å²) in [5.41, 5.74) is 2.18. The van der Waals surface area contributed by atoms with Crippen molar-refractivity contribution in [1.82, 2.24) is 0 Å². The molecule has 1 aliphatic rings. The van der Waals surface area contributed by atoms with Gasteiger partial charge in [-0.2, -0.15) is 0 Å². The number of hydrogen-bond donors (Lipinski definition) is 0. The lowest BCUT2D eigenvalue weighted by Gasteiger charge is -2.28. The van der Waals surface area contributed by atoms with Gasteiger partial charge in [-0.3, -0.25) is 4.79 Å². The number of Topliss-reactive ketones (excluding diaryl/α,β-unsaturated/α-hetero) is 1. The number of unbranched alkanes of at least 4 members (excludes halogenated alkanes) is 1. The van der Waals surface area contributed by atoms with Crippen molar-refractivity contribution in [2.24, 2.45) is 5.92 Å². The van der Waals surface area contributed by atoms with E-state index in [2.05, 4.69) is 26.0 Å². The number of benzene rings is 1. The maximum atomic E-state index is 12.4. The van der Waals surface area contributed by atoms with E-state index in [1.165, 1.54) is 44.1 Å². The van der Waals surface area contributed by atoms with Gasteiger partial charge >= 0.3 is 0 Å². The van der Waals surface area contributed by atoms with Crippen molar-refractivity contribution >= 4 is 5.78 Å². The highest BCUT2D eigenvalue weighted by atomic mass is 16.5. The van der Waals surface area contributed by atoms with E-state index in [4.69, 9.17) is 4.74 Å². The van der Waals surface area contributed by atoms with E-state index in [0.717, 1.165) is 24.3 Å². The van der Waals surface area contributed by atoms with E-state index < -0.39 is 0 Å². The first kappa shape index (κ1) is 19.2. The summed E-state index contributed by atoms with van der Waals surface area (Å²) in [4.78, 5) is 12.4. The predicted octanol–water partition coefficient (Wildman–Crippen LogP) is 6.15. The first-order valence-corrected chi connectivity index (χ1v) is 9.91. The van der Waals surface area contributed by atoms with Gasteiger partial charge in [-0.05, 0) is 56.4 Å². The minimum atomic E-state index is -0.341. The van der Waals surface area contributed by atoms with Crippen LogP contribution < -0.4 is 0 Å². The van der Waals surface area contributed by atoms with Gasteiger partial charge < -0.3 is 4.74 Å². The first-order valence-electron chi connectivity index (χ1n) is 9.91. The maximum Gasteiger partial charge on any atom is 0.191 e. The third-order valence-electron chi connectivity index (χ3n) is 5.45. The molecule has 0 aromatic heterocycles. The highest BCUT2D eigenvalue weighted by molar-refractivity contribution is 5.99. The molecule has 0 amide bonds. The summed E-state index contributed by atoms with van der Waals surface area (Å²) < 4.78 is 5.63. The van der Waals surface area contributed by atoms with Gasteiger partial charge in [-0.25, -0.2) is 0 Å². The second-order valence-corrected chi connectivity index (χ2v) is 7.36. The fraction of sp³-hybridized carbons (Fsp3) is 0.682. The highest BCUT2D eigenvalue weighted by Crippen LogP contribution is 2.37. The third kappa shape index (κ3) is 5.44. The molecule has 2 heteroatoms. The van der Waals surface area contributed by atoms with Crippen LogP contribution >= 0.6 is 0 Å². The molecule has 1 atom stereocenters. The van der Waals surface area contributed by atoms with Crippen molar-refractivity contribution < 1.29 is 9.53 Å². The minimum absolute atomic E-state index is 0.101. The first-order chi connectivity index (χ1) is 11.7. The standard InChI is InChI=1S/C22H34O2/c1-4-6-16-24-17(3)22(23)21-14-12-20(13-15-21)19-10-8-18(7-5-2)9-11-19/h12-15,17-19H,4-11,16H2,1-3H3. The minimum Gasteiger partial charge on any atom is -0.370 e. The van der Waals surface area contributed by atoms with Crippen LogP contribution in [0.4, 0.5) is 0 Å². The van der Waals surface area contributed by atoms with Crippen LogP contribution in [-0.4, -0.2) is 18.5 Å². The molecule has 2 nitrogen and oxygen atoms in total. The number of carbonyl (C=O) groups is 1. The predicted molar refractivity (Wildman–Crippen MR) is 101 cm³/mol. The lowest BCUT2D eigenvalue weighted by molar-refractivity contribution is 0.0468. The van der Waals surface area contributed by atoms with Gasteiger partial charge in [-0.1, -0.05) is 57.4 Å². The molecule has 0 saturated heterocycles. The van der Waals surface area contributed by atoms with Crippen molar-refractivity contribution in [2.75, 3.05) is 6.61 Å². The normalized spacial score (nSPS) is 22.3. The van der Waals surface area contributed by atoms with Crippen LogP contribution in [0.2, 0.25) is 0 Å². The molecule has 0 N–H and O–H groups in total. The molecule has 0 aliphatic heterocycles. The molecule has 0 radical (unpaired) electrons. The highest BCUT2D eigenvalue weighted by Gasteiger charge is 2.22. The van der Waals surface area contributed by atoms with Gasteiger partial charge in [0.15, 0.2) is 5.78 Å². The van der Waals surface area contributed by atoms with E-state index in [9.17, 15) is 4.79 Å². The summed E-state index contributed by atoms with van der Waals surface area (Å²) in [6.07, 6.45) is 9.78. The van der Waals surface area contributed by atoms with E-state index in [1.54, 1.807) is 0 Å². The Morgan fingerprint density at radius 1 is 1.08 bits per heavy atom. The molecule has 134 valence electrons. The lowest BCUT2D eigenvalue weighted by atomic mass is 9.77. The maximum absolute atomic E-state index is 12.4. The summed E-state index contributed by atoms with van der Waals surface area (Å²) in [6, 6.07) is 8.32. The molecular formula is C22H34O2. The fourth-order valence-corrected chi connectivity index (χ4v) is 3.83. The third-order valence-corrected chi connectivity index (χ3v) is 5.45. The fourth-order valence-electron chi connectivity index (χ4n) is 3.83. The van der Waals surface area contributed by atoms with Gasteiger partial charge in [0.1, 0.15) is 6.10 Å². The van der Waals surface area contributed by atoms with Crippen molar-refractivity contribution in [3.05, 3.63) is 35.4 Å². The average Bonchev–Trinajstić information content (AvgIpc) is 2.62. The molecule has 1 unspecified atom stereocenters. The Balaban J connectivity index is 1.87. The molecule has 1 saturated carbocycles. The summed E-state index contributed by atoms with van der Waals surface area (Å²) in [5.74, 6) is 1.72. The SMILES string of the molecule is CCCCOC(C)C(=O)c1ccc(C2CCC(CCC)CC2)cc1. The molecule has 1 aliphatic carbocycles. The number of rotatable bonds is 9. The Bertz CT molecular complexity index is 483. The van der Waals surface area contributed by atoms with E-state index >= 15 is 0 Å². The molecule has 24 heavy (non-hydrogen) atoms. The van der Waals surface area contributed by atoms with Crippen molar-refractivity contribution in [1.29, 1.82) is 0 Å². The van der Waals surface area contributed by atoms with Gasteiger partial charge in [0, 0.05) is 12.2 Å². The summed E-state index contributed by atoms with van der Waals surface area (Å²) in [6.45, 7) is 6.95. The zero-order chi connectivity index (χ0) is 17.4. The lowest BCUT2D eigenvalue weighted by Crippen LogP contribution is -2.21. The Morgan fingerprint density at radius 2 is 1.75 bits per heavy atom. The van der Waals surface area contributed by atoms with Crippen LogP contribution in [-0.2, 0) is 4.74 Å². The number of ketones is 1. The van der Waals surface area contributed by atoms with Gasteiger partial charge in [-0.15, -0.1) is 0 Å². The number of ether oxygens (including phenoxy) is 1. The smallest absolute Gasteiger partial charge is 0.191 e. The zero-order valence-electron chi connectivity index (χ0n) is 15.7. The Morgan fingerprint density at radius 3 is 2.33 bits per heavy atom. The molecule has 0 heterocycles. The van der Waals surface area contributed by atoms with Gasteiger partial charge in [0.05, 0.1) is 0 Å². The van der Waals surface area contributed by atoms with Crippen LogP contribution in [0, 0.1) is 5.92 Å². The molecular weight excluding hydrogens is 296 g/mol. The van der Waals surface area contributed by atoms with Crippen LogP contribution in [0.3, 0.4) is 0 Å². The topological polar surface area (TPSA) is 26.3 Å². The second-order valence-electron chi connectivity index (χ2n) is 7.36. The van der Waals surface area contributed by atoms with E-state index in [-0.39, 0.29) is 11.9 Å². The Kier molecular flexibility index (Phi) is 7.98. The number of carbonyl (C=O) groups excluding carboxylic acids is 1. The zero-order valence-corrected chi connectivity index (χ0v) is 15.7. The van der Waals surface area contributed by atoms with E-state index in [0.29, 0.717) is 12.5 Å². The van der Waals surface area contributed by atoms with Crippen molar-refractivity contribution in [3.63, 3.8) is 0 Å². The quantitative estimate of drug-likeness (QED) is 0.401. The Labute approximate surface area is 148 Å². The average molecular weight is 331 g/mol. The molecule has 1 fully saturated rings. The van der Waals surface area contributed by atoms with Crippen LogP contribution in [0.5, 0.6) is 0 Å². The van der Waals surface area contributed by atoms with Crippen LogP contribution in [0.25, 0.3) is 0 Å². The second kappa shape index (κ2) is 9.98. The summed E-state index contributed by atoms with van der Waals surface area (Å²) in [5, 5.41) is 0. The molecule has 0 spiro atoms. The largest absolute Gasteiger partial charge is 0.370 e. The molecule has 1 aromatic carbocycles. The van der Waals surface area contributed by atoms with Crippen LogP contribution in [0.1, 0.15) is 94.0 Å². The molecule has 0 bridgehead atoms. The van der Waals surface area contributed by atoms with Crippen molar-refractivity contribution in [2.45, 2.75) is 84.2 Å². The van der Waals surface area contributed by atoms with Gasteiger partial charge in [0.2, 0.25) is 0 Å². The van der Waals surface area contributed by atoms with Gasteiger partial charge in [0.25, 0.3) is 0 Å². The Hall–Kier alpha value is -1.15. The van der Waals surface area contributed by atoms with Crippen molar-refractivity contribution in [3.8, 4) is 0 Å². The summed E-state index contributed by atoms with van der Waals surface area (Å²) >= 11 is 0. The monoisotopic (exact) mass is 330 g/mol. The summed E-state index contributed by atoms with van der Waals surface area (Å²) in [7, 11) is 0.